The molecule has 4 nitrogen and oxygen atoms in total. The Balaban J connectivity index is 1.65. The standard InChI is InChI=1S/C19H23NO3/c1-2-23-19(21)14-16-8-10-18(11-9-16)20-12-13-22-15-17-6-4-3-5-7-17/h3-11,20H,2,12-15H2,1H3. The Morgan fingerprint density at radius 1 is 1.00 bits per heavy atom. The summed E-state index contributed by atoms with van der Waals surface area (Å²) in [6.45, 7) is 4.23. The van der Waals surface area contributed by atoms with Gasteiger partial charge in [0.25, 0.3) is 0 Å². The summed E-state index contributed by atoms with van der Waals surface area (Å²) in [6.07, 6.45) is 0.314. The monoisotopic (exact) mass is 313 g/mol. The number of benzene rings is 2. The molecule has 4 heteroatoms. The molecule has 0 saturated heterocycles. The van der Waals surface area contributed by atoms with Gasteiger partial charge >= 0.3 is 5.97 Å². The molecule has 0 amide bonds. The average molecular weight is 313 g/mol. The molecule has 1 N–H and O–H groups in total. The highest BCUT2D eigenvalue weighted by molar-refractivity contribution is 5.72. The molecule has 0 aliphatic heterocycles. The largest absolute Gasteiger partial charge is 0.466 e. The minimum atomic E-state index is -0.192. The van der Waals surface area contributed by atoms with E-state index in [1.165, 1.54) is 5.56 Å². The van der Waals surface area contributed by atoms with E-state index in [2.05, 4.69) is 17.4 Å². The maximum atomic E-state index is 11.4. The molecular weight excluding hydrogens is 290 g/mol. The highest BCUT2D eigenvalue weighted by atomic mass is 16.5. The minimum absolute atomic E-state index is 0.192. The Morgan fingerprint density at radius 3 is 2.43 bits per heavy atom. The summed E-state index contributed by atoms with van der Waals surface area (Å²) < 4.78 is 10.6. The Labute approximate surface area is 137 Å². The molecule has 0 aromatic heterocycles. The van der Waals surface area contributed by atoms with Gasteiger partial charge in [-0.15, -0.1) is 0 Å². The van der Waals surface area contributed by atoms with E-state index in [0.717, 1.165) is 17.8 Å². The molecular formula is C19H23NO3. The van der Waals surface area contributed by atoms with Crippen LogP contribution in [0.25, 0.3) is 0 Å². The number of hydrogen-bond acceptors (Lipinski definition) is 4. The van der Waals surface area contributed by atoms with Crippen LogP contribution in [0.15, 0.2) is 54.6 Å². The first-order valence-electron chi connectivity index (χ1n) is 7.88. The van der Waals surface area contributed by atoms with Crippen LogP contribution in [0.4, 0.5) is 5.69 Å². The van der Waals surface area contributed by atoms with Crippen LogP contribution < -0.4 is 5.32 Å². The van der Waals surface area contributed by atoms with Crippen molar-refractivity contribution in [3.63, 3.8) is 0 Å². The third-order valence-corrected chi connectivity index (χ3v) is 3.29. The fourth-order valence-electron chi connectivity index (χ4n) is 2.15. The van der Waals surface area contributed by atoms with Crippen molar-refractivity contribution in [1.29, 1.82) is 0 Å². The van der Waals surface area contributed by atoms with Gasteiger partial charge in [0.05, 0.1) is 26.2 Å². The van der Waals surface area contributed by atoms with E-state index >= 15 is 0 Å². The fourth-order valence-corrected chi connectivity index (χ4v) is 2.15. The number of esters is 1. The van der Waals surface area contributed by atoms with Gasteiger partial charge in [-0.05, 0) is 30.2 Å². The van der Waals surface area contributed by atoms with Crippen LogP contribution in [-0.2, 0) is 27.3 Å². The zero-order valence-corrected chi connectivity index (χ0v) is 13.5. The second kappa shape index (κ2) is 9.64. The van der Waals surface area contributed by atoms with Gasteiger partial charge < -0.3 is 14.8 Å². The number of nitrogens with one attached hydrogen (secondary N) is 1. The first kappa shape index (κ1) is 17.0. The first-order chi connectivity index (χ1) is 11.3. The van der Waals surface area contributed by atoms with E-state index in [1.54, 1.807) is 0 Å². The number of carbonyl (C=O) groups excluding carboxylic acids is 1. The lowest BCUT2D eigenvalue weighted by Crippen LogP contribution is -2.10. The first-order valence-corrected chi connectivity index (χ1v) is 7.88. The smallest absolute Gasteiger partial charge is 0.310 e. The molecule has 0 bridgehead atoms. The van der Waals surface area contributed by atoms with Gasteiger partial charge in [0.15, 0.2) is 0 Å². The summed E-state index contributed by atoms with van der Waals surface area (Å²) in [5.41, 5.74) is 3.14. The summed E-state index contributed by atoms with van der Waals surface area (Å²) in [6, 6.07) is 17.9. The molecule has 0 saturated carbocycles. The Kier molecular flexibility index (Phi) is 7.14. The van der Waals surface area contributed by atoms with Crippen LogP contribution in [-0.4, -0.2) is 25.7 Å². The Hall–Kier alpha value is -2.33. The van der Waals surface area contributed by atoms with E-state index in [9.17, 15) is 4.79 Å². The Morgan fingerprint density at radius 2 is 1.74 bits per heavy atom. The van der Waals surface area contributed by atoms with Crippen molar-refractivity contribution < 1.29 is 14.3 Å². The van der Waals surface area contributed by atoms with Crippen LogP contribution in [0.2, 0.25) is 0 Å². The van der Waals surface area contributed by atoms with Crippen LogP contribution in [0.1, 0.15) is 18.1 Å². The van der Waals surface area contributed by atoms with Gasteiger partial charge in [-0.1, -0.05) is 42.5 Å². The van der Waals surface area contributed by atoms with Gasteiger partial charge in [-0.3, -0.25) is 4.79 Å². The van der Waals surface area contributed by atoms with Gasteiger partial charge in [0, 0.05) is 12.2 Å². The maximum Gasteiger partial charge on any atom is 0.310 e. The Bertz CT molecular complexity index is 581. The lowest BCUT2D eigenvalue weighted by atomic mass is 10.1. The molecule has 0 aliphatic carbocycles. The summed E-state index contributed by atoms with van der Waals surface area (Å²) in [5, 5.41) is 3.30. The fraction of sp³-hybridized carbons (Fsp3) is 0.316. The summed E-state index contributed by atoms with van der Waals surface area (Å²) in [7, 11) is 0. The van der Waals surface area contributed by atoms with Crippen LogP contribution in [0.3, 0.4) is 0 Å². The normalized spacial score (nSPS) is 10.3. The molecule has 0 spiro atoms. The van der Waals surface area contributed by atoms with E-state index in [-0.39, 0.29) is 5.97 Å². The summed E-state index contributed by atoms with van der Waals surface area (Å²) >= 11 is 0. The molecule has 0 radical (unpaired) electrons. The third kappa shape index (κ3) is 6.53. The summed E-state index contributed by atoms with van der Waals surface area (Å²) in [5.74, 6) is -0.192. The topological polar surface area (TPSA) is 47.6 Å². The van der Waals surface area contributed by atoms with Crippen LogP contribution >= 0.6 is 0 Å². The SMILES string of the molecule is CCOC(=O)Cc1ccc(NCCOCc2ccccc2)cc1. The zero-order chi connectivity index (χ0) is 16.3. The maximum absolute atomic E-state index is 11.4. The van der Waals surface area contributed by atoms with Crippen molar-refractivity contribution in [2.45, 2.75) is 20.0 Å². The van der Waals surface area contributed by atoms with Crippen molar-refractivity contribution in [3.8, 4) is 0 Å². The molecule has 2 aromatic rings. The molecule has 0 atom stereocenters. The number of carbonyl (C=O) groups is 1. The van der Waals surface area contributed by atoms with E-state index < -0.39 is 0 Å². The minimum Gasteiger partial charge on any atom is -0.466 e. The molecule has 2 aromatic carbocycles. The van der Waals surface area contributed by atoms with Gasteiger partial charge in [0.1, 0.15) is 0 Å². The predicted octanol–water partition coefficient (Wildman–Crippen LogP) is 3.42. The molecule has 23 heavy (non-hydrogen) atoms. The van der Waals surface area contributed by atoms with E-state index in [0.29, 0.717) is 26.2 Å². The van der Waals surface area contributed by atoms with Crippen molar-refractivity contribution in [2.75, 3.05) is 25.1 Å². The second-order valence-electron chi connectivity index (χ2n) is 5.14. The lowest BCUT2D eigenvalue weighted by Gasteiger charge is -2.08. The second-order valence-corrected chi connectivity index (χ2v) is 5.14. The third-order valence-electron chi connectivity index (χ3n) is 3.29. The van der Waals surface area contributed by atoms with Gasteiger partial charge in [-0.25, -0.2) is 0 Å². The molecule has 0 heterocycles. The highest BCUT2D eigenvalue weighted by Crippen LogP contribution is 2.10. The molecule has 0 fully saturated rings. The molecule has 122 valence electrons. The molecule has 0 aliphatic rings. The van der Waals surface area contributed by atoms with E-state index in [4.69, 9.17) is 9.47 Å². The van der Waals surface area contributed by atoms with Crippen molar-refractivity contribution in [3.05, 3.63) is 65.7 Å². The predicted molar refractivity (Wildman–Crippen MR) is 91.4 cm³/mol. The molecule has 0 unspecified atom stereocenters. The van der Waals surface area contributed by atoms with Crippen LogP contribution in [0.5, 0.6) is 0 Å². The number of ether oxygens (including phenoxy) is 2. The quantitative estimate of drug-likeness (QED) is 0.569. The zero-order valence-electron chi connectivity index (χ0n) is 13.5. The van der Waals surface area contributed by atoms with Crippen molar-refractivity contribution in [2.24, 2.45) is 0 Å². The van der Waals surface area contributed by atoms with Gasteiger partial charge in [-0.2, -0.15) is 0 Å². The summed E-state index contributed by atoms with van der Waals surface area (Å²) in [4.78, 5) is 11.4. The van der Waals surface area contributed by atoms with Crippen molar-refractivity contribution >= 4 is 11.7 Å². The van der Waals surface area contributed by atoms with Gasteiger partial charge in [0.2, 0.25) is 0 Å². The van der Waals surface area contributed by atoms with Crippen molar-refractivity contribution in [1.82, 2.24) is 0 Å². The number of rotatable bonds is 9. The number of hydrogen-bond donors (Lipinski definition) is 1. The van der Waals surface area contributed by atoms with E-state index in [1.807, 2.05) is 49.4 Å². The highest BCUT2D eigenvalue weighted by Gasteiger charge is 2.03. The van der Waals surface area contributed by atoms with Crippen LogP contribution in [0, 0.1) is 0 Å². The average Bonchev–Trinajstić information content (AvgIpc) is 2.57. The molecule has 2 rings (SSSR count). The number of anilines is 1. The lowest BCUT2D eigenvalue weighted by molar-refractivity contribution is -0.142.